The maximum absolute atomic E-state index is 11.2. The molecular formula is C24H36O11S2. The van der Waals surface area contributed by atoms with Crippen LogP contribution in [0.4, 0.5) is 0 Å². The van der Waals surface area contributed by atoms with E-state index in [4.69, 9.17) is 39.1 Å². The van der Waals surface area contributed by atoms with Crippen LogP contribution < -0.4 is 0 Å². The number of carboxylic acid groups (broad SMARTS) is 2. The number of ether oxygens (including phenoxy) is 4. The molecule has 0 radical (unpaired) electrons. The van der Waals surface area contributed by atoms with Crippen LogP contribution in [-0.2, 0) is 39.3 Å². The summed E-state index contributed by atoms with van der Waals surface area (Å²) in [5, 5.41) is 21.6. The third-order valence-electron chi connectivity index (χ3n) is 6.56. The third kappa shape index (κ3) is 8.96. The molecule has 11 nitrogen and oxygen atoms in total. The van der Waals surface area contributed by atoms with Crippen LogP contribution in [0.2, 0.25) is 0 Å². The molecule has 0 aromatic rings. The number of aliphatic carboxylic acids is 2. The summed E-state index contributed by atoms with van der Waals surface area (Å²) in [7, 11) is -1.12. The molecule has 2 heterocycles. The molecule has 0 aromatic heterocycles. The van der Waals surface area contributed by atoms with E-state index < -0.39 is 58.7 Å². The Morgan fingerprint density at radius 3 is 1.54 bits per heavy atom. The Kier molecular flexibility index (Phi) is 12.9. The van der Waals surface area contributed by atoms with Gasteiger partial charge in [-0.25, -0.2) is 9.59 Å². The molecule has 0 aromatic carbocycles. The second kappa shape index (κ2) is 15.1. The fourth-order valence-corrected chi connectivity index (χ4v) is 5.62. The maximum atomic E-state index is 11.2. The predicted octanol–water partition coefficient (Wildman–Crippen LogP) is 3.87. The lowest BCUT2D eigenvalue weighted by atomic mass is 9.94. The second-order valence-electron chi connectivity index (χ2n) is 9.25. The average Bonchev–Trinajstić information content (AvgIpc) is 3.42. The Bertz CT molecular complexity index is 835. The van der Waals surface area contributed by atoms with Crippen molar-refractivity contribution in [3.8, 4) is 0 Å². The molecule has 37 heavy (non-hydrogen) atoms. The minimum absolute atomic E-state index is 0.460. The quantitative estimate of drug-likeness (QED) is 0.479. The molecule has 210 valence electrons. The van der Waals surface area contributed by atoms with E-state index in [0.717, 1.165) is 57.8 Å². The van der Waals surface area contributed by atoms with E-state index in [1.807, 2.05) is 11.7 Å². The molecule has 0 bridgehead atoms. The highest BCUT2D eigenvalue weighted by atomic mass is 32.2. The standard InChI is InChI=1S/C12H18O5S.C12H18O4S.O2/c1-18(15)8-5-9-10(11(13)14)17-12(16-9)6-3-2-4-7-12;1-17-8-5-9-10(11(13)14)16-12(15-9)6-3-2-4-7-12;1-2/h5,8-10H,2-4,6-7H2,1H3,(H,13,14);5,8-10H,2-4,6-7H2,1H3,(H,13,14);/b2*8-5+;/t9-,10-,18?;9-,10-;/m11./s1. The van der Waals surface area contributed by atoms with E-state index in [-0.39, 0.29) is 0 Å². The van der Waals surface area contributed by atoms with Crippen LogP contribution in [-0.4, -0.2) is 74.9 Å². The summed E-state index contributed by atoms with van der Waals surface area (Å²) in [6, 6.07) is 0. The molecule has 2 saturated carbocycles. The van der Waals surface area contributed by atoms with E-state index in [0.29, 0.717) is 0 Å². The summed E-state index contributed by atoms with van der Waals surface area (Å²) >= 11 is 1.53. The first kappa shape index (κ1) is 31.6. The molecule has 4 rings (SSSR count). The molecular weight excluding hydrogens is 528 g/mol. The maximum Gasteiger partial charge on any atom is 0.336 e. The molecule has 0 amide bonds. The number of hydrogen-bond acceptors (Lipinski definition) is 10. The number of rotatable bonds is 6. The van der Waals surface area contributed by atoms with Crippen LogP contribution >= 0.6 is 11.8 Å². The third-order valence-corrected chi connectivity index (χ3v) is 7.53. The van der Waals surface area contributed by atoms with E-state index in [1.165, 1.54) is 35.9 Å². The summed E-state index contributed by atoms with van der Waals surface area (Å²) in [5.41, 5.74) is 0. The lowest BCUT2D eigenvalue weighted by Gasteiger charge is -2.31. The second-order valence-corrected chi connectivity index (χ2v) is 11.3. The Hall–Kier alpha value is -1.64. The van der Waals surface area contributed by atoms with Crippen LogP contribution in [0.3, 0.4) is 0 Å². The van der Waals surface area contributed by atoms with Gasteiger partial charge in [-0.3, -0.25) is 4.21 Å². The lowest BCUT2D eigenvalue weighted by molar-refractivity contribution is -0.196. The van der Waals surface area contributed by atoms with Gasteiger partial charge in [0.25, 0.3) is 0 Å². The number of carbonyl (C=O) groups is 2. The summed E-state index contributed by atoms with van der Waals surface area (Å²) in [4.78, 5) is 36.3. The summed E-state index contributed by atoms with van der Waals surface area (Å²) in [5.74, 6) is -3.36. The van der Waals surface area contributed by atoms with Gasteiger partial charge in [0, 0.05) is 58.1 Å². The van der Waals surface area contributed by atoms with Gasteiger partial charge >= 0.3 is 11.9 Å². The van der Waals surface area contributed by atoms with Crippen molar-refractivity contribution in [2.75, 3.05) is 12.5 Å². The van der Waals surface area contributed by atoms with Gasteiger partial charge in [-0.2, -0.15) is 0 Å². The molecule has 2 spiro atoms. The molecule has 5 atom stereocenters. The highest BCUT2D eigenvalue weighted by molar-refractivity contribution is 8.01. The Morgan fingerprint density at radius 2 is 1.19 bits per heavy atom. The number of hydrogen-bond donors (Lipinski definition) is 2. The predicted molar refractivity (Wildman–Crippen MR) is 139 cm³/mol. The minimum atomic E-state index is -1.12. The van der Waals surface area contributed by atoms with E-state index >= 15 is 0 Å². The van der Waals surface area contributed by atoms with Gasteiger partial charge in [-0.1, -0.05) is 12.8 Å². The summed E-state index contributed by atoms with van der Waals surface area (Å²) < 4.78 is 34.0. The highest BCUT2D eigenvalue weighted by Gasteiger charge is 2.51. The van der Waals surface area contributed by atoms with Crippen molar-refractivity contribution in [2.45, 2.75) is 100 Å². The van der Waals surface area contributed by atoms with Crippen LogP contribution in [0.5, 0.6) is 0 Å². The first-order valence-corrected chi connectivity index (χ1v) is 15.1. The molecule has 2 aliphatic carbocycles. The molecule has 2 saturated heterocycles. The summed E-state index contributed by atoms with van der Waals surface area (Å²) in [6.07, 6.45) is 13.3. The Morgan fingerprint density at radius 1 is 0.784 bits per heavy atom. The zero-order valence-corrected chi connectivity index (χ0v) is 22.7. The fourth-order valence-electron chi connectivity index (χ4n) is 4.93. The van der Waals surface area contributed by atoms with Crippen molar-refractivity contribution >= 4 is 34.5 Å². The van der Waals surface area contributed by atoms with Crippen LogP contribution in [0, 0.1) is 9.93 Å². The topological polar surface area (TPSA) is 163 Å². The van der Waals surface area contributed by atoms with Gasteiger partial charge in [0.15, 0.2) is 23.8 Å². The van der Waals surface area contributed by atoms with Crippen LogP contribution in [0.15, 0.2) is 23.0 Å². The molecule has 2 N–H and O–H groups in total. The molecule has 1 unspecified atom stereocenters. The van der Waals surface area contributed by atoms with Gasteiger partial charge in [0.2, 0.25) is 0 Å². The Balaban J connectivity index is 0.000000244. The largest absolute Gasteiger partial charge is 0.479 e. The Labute approximate surface area is 223 Å². The number of thioether (sulfide) groups is 1. The van der Waals surface area contributed by atoms with Gasteiger partial charge in [-0.15, -0.1) is 11.8 Å². The van der Waals surface area contributed by atoms with Gasteiger partial charge < -0.3 is 29.2 Å². The van der Waals surface area contributed by atoms with Crippen molar-refractivity contribution in [1.29, 1.82) is 0 Å². The highest BCUT2D eigenvalue weighted by Crippen LogP contribution is 2.42. The van der Waals surface area contributed by atoms with E-state index in [1.54, 1.807) is 6.08 Å². The molecule has 2 aliphatic heterocycles. The molecule has 4 fully saturated rings. The van der Waals surface area contributed by atoms with Crippen LogP contribution in [0.1, 0.15) is 64.2 Å². The summed E-state index contributed by atoms with van der Waals surface area (Å²) in [6.45, 7) is 0. The van der Waals surface area contributed by atoms with Crippen molar-refractivity contribution in [1.82, 2.24) is 0 Å². The van der Waals surface area contributed by atoms with E-state index in [9.17, 15) is 13.8 Å². The van der Waals surface area contributed by atoms with Gasteiger partial charge in [0.05, 0.1) is 0 Å². The fraction of sp³-hybridized carbons (Fsp3) is 0.750. The van der Waals surface area contributed by atoms with E-state index in [2.05, 4.69) is 0 Å². The zero-order chi connectivity index (χ0) is 27.5. The van der Waals surface area contributed by atoms with Gasteiger partial charge in [-0.05, 0) is 49.5 Å². The van der Waals surface area contributed by atoms with Crippen LogP contribution in [0.25, 0.3) is 0 Å². The van der Waals surface area contributed by atoms with Crippen molar-refractivity contribution in [3.05, 3.63) is 32.9 Å². The van der Waals surface area contributed by atoms with Gasteiger partial charge in [0.1, 0.15) is 12.2 Å². The van der Waals surface area contributed by atoms with Crippen molar-refractivity contribution in [3.63, 3.8) is 0 Å². The number of carboxylic acids is 2. The lowest BCUT2D eigenvalue weighted by Crippen LogP contribution is -2.34. The minimum Gasteiger partial charge on any atom is -0.479 e. The zero-order valence-electron chi connectivity index (χ0n) is 21.1. The SMILES string of the molecule is CS(=O)/C=C/[C@H]1OC2(CCCCC2)O[C@H]1C(=O)O.CS/C=C/[C@H]1OC2(CCCCC2)O[C@H]1C(=O)O.O=O. The normalized spacial score (nSPS) is 31.0. The monoisotopic (exact) mass is 564 g/mol. The average molecular weight is 565 g/mol. The van der Waals surface area contributed by atoms with Crippen molar-refractivity contribution in [2.24, 2.45) is 0 Å². The first-order chi connectivity index (χ1) is 17.7. The molecule has 13 heteroatoms. The molecule has 4 aliphatic rings. The smallest absolute Gasteiger partial charge is 0.336 e. The first-order valence-electron chi connectivity index (χ1n) is 12.2. The van der Waals surface area contributed by atoms with Crippen molar-refractivity contribution < 1.29 is 43.0 Å².